The van der Waals surface area contributed by atoms with Crippen molar-refractivity contribution in [2.75, 3.05) is 26.3 Å². The van der Waals surface area contributed by atoms with Crippen molar-refractivity contribution in [3.05, 3.63) is 59.2 Å². The van der Waals surface area contributed by atoms with Gasteiger partial charge in [-0.05, 0) is 49.1 Å². The van der Waals surface area contributed by atoms with E-state index in [-0.39, 0.29) is 23.5 Å². The molecular weight excluding hydrogens is 458 g/mol. The first-order chi connectivity index (χ1) is 16.8. The van der Waals surface area contributed by atoms with Crippen LogP contribution in [0.4, 0.5) is 8.78 Å². The van der Waals surface area contributed by atoms with Gasteiger partial charge in [0.15, 0.2) is 17.3 Å². The first-order valence-electron chi connectivity index (χ1n) is 11.7. The monoisotopic (exact) mass is 486 g/mol. The molecule has 9 heteroatoms. The normalized spacial score (nSPS) is 16.7. The molecule has 0 spiro atoms. The van der Waals surface area contributed by atoms with Crippen LogP contribution in [0.3, 0.4) is 0 Å². The highest BCUT2D eigenvalue weighted by molar-refractivity contribution is 5.99. The van der Waals surface area contributed by atoms with E-state index in [1.54, 1.807) is 36.9 Å². The Balaban J connectivity index is 1.39. The molecule has 0 radical (unpaired) electrons. The summed E-state index contributed by atoms with van der Waals surface area (Å²) in [7, 11) is 0. The van der Waals surface area contributed by atoms with E-state index in [4.69, 9.17) is 9.47 Å². The highest BCUT2D eigenvalue weighted by Crippen LogP contribution is 2.32. The van der Waals surface area contributed by atoms with Gasteiger partial charge in [-0.1, -0.05) is 19.9 Å². The molecule has 1 atom stereocenters. The minimum absolute atomic E-state index is 0.0159. The molecule has 2 aliphatic heterocycles. The van der Waals surface area contributed by atoms with Gasteiger partial charge in [0, 0.05) is 24.6 Å². The lowest BCUT2D eigenvalue weighted by Gasteiger charge is -2.35. The number of rotatable bonds is 6. The van der Waals surface area contributed by atoms with E-state index in [1.165, 1.54) is 6.07 Å². The molecule has 4 rings (SSSR count). The van der Waals surface area contributed by atoms with Gasteiger partial charge in [-0.2, -0.15) is 0 Å². The first-order valence-corrected chi connectivity index (χ1v) is 11.7. The fourth-order valence-corrected chi connectivity index (χ4v) is 4.43. The number of nitrogens with zero attached hydrogens (tertiary/aromatic N) is 1. The van der Waals surface area contributed by atoms with Gasteiger partial charge in [0.25, 0.3) is 5.91 Å². The van der Waals surface area contributed by atoms with Crippen molar-refractivity contribution in [2.24, 2.45) is 11.8 Å². The maximum Gasteiger partial charge on any atom is 0.257 e. The third-order valence-corrected chi connectivity index (χ3v) is 6.41. The summed E-state index contributed by atoms with van der Waals surface area (Å²) in [5, 5.41) is 2.50. The molecule has 0 aliphatic carbocycles. The second-order valence-corrected chi connectivity index (χ2v) is 9.11. The van der Waals surface area contributed by atoms with Crippen LogP contribution in [0.25, 0.3) is 0 Å². The Labute approximate surface area is 202 Å². The zero-order valence-electron chi connectivity index (χ0n) is 19.7. The topological polar surface area (TPSA) is 84.9 Å². The average Bonchev–Trinajstić information content (AvgIpc) is 2.86. The second kappa shape index (κ2) is 10.4. The van der Waals surface area contributed by atoms with Crippen molar-refractivity contribution >= 4 is 17.6 Å². The minimum Gasteiger partial charge on any atom is -0.486 e. The number of benzene rings is 2. The summed E-state index contributed by atoms with van der Waals surface area (Å²) in [6.45, 7) is 5.08. The van der Waals surface area contributed by atoms with E-state index in [1.807, 2.05) is 0 Å². The van der Waals surface area contributed by atoms with Crippen LogP contribution >= 0.6 is 0 Å². The summed E-state index contributed by atoms with van der Waals surface area (Å²) in [5.41, 5.74) is -0.173. The summed E-state index contributed by atoms with van der Waals surface area (Å²) in [6.07, 6.45) is 0.944. The maximum absolute atomic E-state index is 14.0. The summed E-state index contributed by atoms with van der Waals surface area (Å²) >= 11 is 0. The number of amides is 2. The molecule has 7 nitrogen and oxygen atoms in total. The molecule has 2 aromatic rings. The molecule has 1 saturated heterocycles. The predicted molar refractivity (Wildman–Crippen MR) is 124 cm³/mol. The number of nitrogens with one attached hydrogen (secondary N) is 1. The molecule has 2 aromatic carbocycles. The quantitative estimate of drug-likeness (QED) is 0.631. The number of fused-ring (bicyclic) bond motifs is 1. The molecule has 1 fully saturated rings. The number of hydrogen-bond donors (Lipinski definition) is 1. The lowest BCUT2D eigenvalue weighted by atomic mass is 9.88. The summed E-state index contributed by atoms with van der Waals surface area (Å²) in [4.78, 5) is 40.4. The maximum atomic E-state index is 14.0. The van der Waals surface area contributed by atoms with Gasteiger partial charge in [0.05, 0.1) is 0 Å². The third kappa shape index (κ3) is 5.28. The Bertz CT molecular complexity index is 1110. The summed E-state index contributed by atoms with van der Waals surface area (Å²) < 4.78 is 39.1. The number of carbonyl (C=O) groups is 3. The number of halogens is 2. The third-order valence-electron chi connectivity index (χ3n) is 6.41. The predicted octanol–water partition coefficient (Wildman–Crippen LogP) is 3.61. The van der Waals surface area contributed by atoms with Gasteiger partial charge in [0.2, 0.25) is 5.91 Å². The van der Waals surface area contributed by atoms with Gasteiger partial charge in [-0.3, -0.25) is 14.4 Å². The SMILES string of the molecule is CC(C)[C@H](NC(=O)c1c(F)cccc1F)C(=O)N1CCC(C(=O)c2ccc3c(c2)OCCO3)CC1. The van der Waals surface area contributed by atoms with Gasteiger partial charge in [-0.25, -0.2) is 8.78 Å². The molecule has 2 aliphatic rings. The molecule has 0 aromatic heterocycles. The standard InChI is InChI=1S/C26H28F2N2O5/c1-15(2)23(29-25(32)22-18(27)4-3-5-19(22)28)26(33)30-10-8-16(9-11-30)24(31)17-6-7-20-21(14-17)35-13-12-34-20/h3-7,14-16,23H,8-13H2,1-2H3,(H,29,32)/t23-/m0/s1. The highest BCUT2D eigenvalue weighted by atomic mass is 19.1. The molecule has 0 bridgehead atoms. The Kier molecular flexibility index (Phi) is 7.33. The van der Waals surface area contributed by atoms with E-state index >= 15 is 0 Å². The lowest BCUT2D eigenvalue weighted by molar-refractivity contribution is -0.135. The molecular formula is C26H28F2N2O5. The van der Waals surface area contributed by atoms with Crippen LogP contribution in [-0.2, 0) is 4.79 Å². The van der Waals surface area contributed by atoms with Gasteiger partial charge >= 0.3 is 0 Å². The van der Waals surface area contributed by atoms with E-state index in [0.717, 1.165) is 12.1 Å². The van der Waals surface area contributed by atoms with E-state index in [9.17, 15) is 23.2 Å². The van der Waals surface area contributed by atoms with Crippen molar-refractivity contribution in [1.29, 1.82) is 0 Å². The fourth-order valence-electron chi connectivity index (χ4n) is 4.43. The Morgan fingerprint density at radius 3 is 2.23 bits per heavy atom. The summed E-state index contributed by atoms with van der Waals surface area (Å²) in [6, 6.07) is 7.35. The zero-order valence-corrected chi connectivity index (χ0v) is 19.7. The van der Waals surface area contributed by atoms with Crippen LogP contribution in [-0.4, -0.2) is 54.8 Å². The van der Waals surface area contributed by atoms with Crippen molar-refractivity contribution in [1.82, 2.24) is 10.2 Å². The van der Waals surface area contributed by atoms with Gasteiger partial charge in [0.1, 0.15) is 36.5 Å². The molecule has 35 heavy (non-hydrogen) atoms. The van der Waals surface area contributed by atoms with E-state index in [2.05, 4.69) is 5.32 Å². The zero-order chi connectivity index (χ0) is 25.1. The van der Waals surface area contributed by atoms with Crippen molar-refractivity contribution in [3.8, 4) is 11.5 Å². The van der Waals surface area contributed by atoms with Crippen LogP contribution in [0.1, 0.15) is 47.4 Å². The van der Waals surface area contributed by atoms with Crippen LogP contribution in [0.15, 0.2) is 36.4 Å². The van der Waals surface area contributed by atoms with Crippen LogP contribution in [0, 0.1) is 23.5 Å². The van der Waals surface area contributed by atoms with Crippen LogP contribution < -0.4 is 14.8 Å². The lowest BCUT2D eigenvalue weighted by Crippen LogP contribution is -2.53. The average molecular weight is 487 g/mol. The number of likely N-dealkylation sites (tertiary alicyclic amines) is 1. The van der Waals surface area contributed by atoms with E-state index in [0.29, 0.717) is 56.2 Å². The number of piperidine rings is 1. The number of ketones is 1. The van der Waals surface area contributed by atoms with Crippen molar-refractivity contribution < 1.29 is 32.6 Å². The fraction of sp³-hybridized carbons (Fsp3) is 0.423. The highest BCUT2D eigenvalue weighted by Gasteiger charge is 2.34. The van der Waals surface area contributed by atoms with Crippen LogP contribution in [0.2, 0.25) is 0 Å². The number of hydrogen-bond acceptors (Lipinski definition) is 5. The largest absolute Gasteiger partial charge is 0.486 e. The van der Waals surface area contributed by atoms with Gasteiger partial charge in [-0.15, -0.1) is 0 Å². The minimum atomic E-state index is -0.990. The van der Waals surface area contributed by atoms with Gasteiger partial charge < -0.3 is 19.7 Å². The molecule has 2 amide bonds. The number of ether oxygens (including phenoxy) is 2. The molecule has 1 N–H and O–H groups in total. The van der Waals surface area contributed by atoms with Crippen molar-refractivity contribution in [3.63, 3.8) is 0 Å². The molecule has 0 unspecified atom stereocenters. The van der Waals surface area contributed by atoms with Crippen LogP contribution in [0.5, 0.6) is 11.5 Å². The number of Topliss-reactive ketones (excluding diaryl/α,β-unsaturated/α-hetero) is 1. The Hall–Kier alpha value is -3.49. The van der Waals surface area contributed by atoms with Crippen molar-refractivity contribution in [2.45, 2.75) is 32.7 Å². The van der Waals surface area contributed by atoms with E-state index < -0.39 is 29.1 Å². The molecule has 186 valence electrons. The Morgan fingerprint density at radius 1 is 0.971 bits per heavy atom. The smallest absolute Gasteiger partial charge is 0.257 e. The Morgan fingerprint density at radius 2 is 1.60 bits per heavy atom. The number of carbonyl (C=O) groups excluding carboxylic acids is 3. The first kappa shape index (κ1) is 24.6. The molecule has 0 saturated carbocycles. The second-order valence-electron chi connectivity index (χ2n) is 9.11. The summed E-state index contributed by atoms with van der Waals surface area (Å²) in [5.74, 6) is -2.70. The molecule has 2 heterocycles.